The van der Waals surface area contributed by atoms with Gasteiger partial charge in [-0.05, 0) is 63.8 Å². The van der Waals surface area contributed by atoms with E-state index in [9.17, 15) is 23.9 Å². The molecule has 12 heteroatoms. The van der Waals surface area contributed by atoms with E-state index < -0.39 is 17.7 Å². The van der Waals surface area contributed by atoms with Crippen molar-refractivity contribution < 1.29 is 18.7 Å². The normalized spacial score (nSPS) is 18.3. The standard InChI is InChI=1S/C28H30F2N8O2/c1-28(2,40)26(30)15-33-27(39)22-14-32-24(25-8-7-21-9-17(11-31)12-35-38(21)25)10-23(22)36-19-3-5-20(6-4-19)37-16-18(29)13-34-37/h7-10,12-14,16,19-20,26,40H,3-6,15H2,1-2H3,(H,32,36)(H,33,39)/t19-,20-,26-/m1/s1. The van der Waals surface area contributed by atoms with E-state index in [1.807, 2.05) is 12.1 Å². The zero-order chi connectivity index (χ0) is 28.4. The second kappa shape index (κ2) is 11.0. The molecule has 0 aliphatic heterocycles. The Balaban J connectivity index is 1.40. The number of carbonyl (C=O) groups excluding carboxylic acids is 1. The van der Waals surface area contributed by atoms with Gasteiger partial charge in [-0.25, -0.2) is 13.3 Å². The molecule has 1 fully saturated rings. The van der Waals surface area contributed by atoms with E-state index in [-0.39, 0.29) is 30.0 Å². The first-order valence-corrected chi connectivity index (χ1v) is 13.1. The van der Waals surface area contributed by atoms with Crippen molar-refractivity contribution in [2.75, 3.05) is 11.9 Å². The third kappa shape index (κ3) is 5.79. The largest absolute Gasteiger partial charge is 0.387 e. The third-order valence-corrected chi connectivity index (χ3v) is 7.25. The number of carbonyl (C=O) groups is 1. The molecule has 3 N–H and O–H groups in total. The van der Waals surface area contributed by atoms with E-state index in [4.69, 9.17) is 0 Å². The number of alkyl halides is 1. The summed E-state index contributed by atoms with van der Waals surface area (Å²) in [4.78, 5) is 17.6. The Bertz CT molecular complexity index is 1560. The number of pyridine rings is 1. The molecule has 1 amide bonds. The van der Waals surface area contributed by atoms with Crippen molar-refractivity contribution in [2.24, 2.45) is 0 Å². The highest BCUT2D eigenvalue weighted by Gasteiger charge is 2.28. The minimum absolute atomic E-state index is 0.0316. The summed E-state index contributed by atoms with van der Waals surface area (Å²) < 4.78 is 31.1. The number of amides is 1. The maximum atomic E-state index is 14.3. The van der Waals surface area contributed by atoms with Crippen LogP contribution in [0, 0.1) is 17.1 Å². The van der Waals surface area contributed by atoms with E-state index in [1.165, 1.54) is 38.6 Å². The number of halogens is 2. The molecule has 0 unspecified atom stereocenters. The Kier molecular flexibility index (Phi) is 7.49. The first-order valence-electron chi connectivity index (χ1n) is 13.1. The Labute approximate surface area is 229 Å². The van der Waals surface area contributed by atoms with E-state index in [2.05, 4.69) is 31.9 Å². The third-order valence-electron chi connectivity index (χ3n) is 7.25. The molecule has 1 atom stereocenters. The fraction of sp³-hybridized carbons (Fsp3) is 0.393. The van der Waals surface area contributed by atoms with Gasteiger partial charge >= 0.3 is 0 Å². The molecule has 5 rings (SSSR count). The SMILES string of the molecule is CC(C)(O)[C@H](F)CNC(=O)c1cnc(-c2ccc3cc(C#N)cnn23)cc1N[C@H]1CC[C@H](n2cc(F)cn2)CC1. The topological polar surface area (TPSA) is 133 Å². The zero-order valence-corrected chi connectivity index (χ0v) is 22.2. The van der Waals surface area contributed by atoms with Crippen LogP contribution in [0.3, 0.4) is 0 Å². The Morgan fingerprint density at radius 3 is 2.65 bits per heavy atom. The van der Waals surface area contributed by atoms with Gasteiger partial charge in [-0.3, -0.25) is 14.5 Å². The maximum absolute atomic E-state index is 14.3. The highest BCUT2D eigenvalue weighted by molar-refractivity contribution is 6.00. The molecule has 4 heterocycles. The predicted octanol–water partition coefficient (Wildman–Crippen LogP) is 4.04. The Morgan fingerprint density at radius 2 is 1.98 bits per heavy atom. The minimum Gasteiger partial charge on any atom is -0.387 e. The number of hydrogen-bond donors (Lipinski definition) is 3. The summed E-state index contributed by atoms with van der Waals surface area (Å²) >= 11 is 0. The molecule has 1 aliphatic carbocycles. The second-order valence-corrected chi connectivity index (χ2v) is 10.6. The van der Waals surface area contributed by atoms with E-state index in [0.717, 1.165) is 31.2 Å². The summed E-state index contributed by atoms with van der Waals surface area (Å²) in [6.45, 7) is 2.33. The summed E-state index contributed by atoms with van der Waals surface area (Å²) in [6.07, 6.45) is 6.95. The lowest BCUT2D eigenvalue weighted by Crippen LogP contribution is -2.42. The van der Waals surface area contributed by atoms with Gasteiger partial charge in [0, 0.05) is 12.2 Å². The molecule has 10 nitrogen and oxygen atoms in total. The van der Waals surface area contributed by atoms with Crippen LogP contribution in [-0.2, 0) is 0 Å². The molecule has 0 radical (unpaired) electrons. The summed E-state index contributed by atoms with van der Waals surface area (Å²) in [5, 5.41) is 33.6. The van der Waals surface area contributed by atoms with Gasteiger partial charge in [0.15, 0.2) is 5.82 Å². The van der Waals surface area contributed by atoms with Gasteiger partial charge in [-0.2, -0.15) is 15.5 Å². The van der Waals surface area contributed by atoms with Crippen LogP contribution >= 0.6 is 0 Å². The molecule has 1 aliphatic rings. The van der Waals surface area contributed by atoms with Crippen molar-refractivity contribution in [1.82, 2.24) is 29.7 Å². The van der Waals surface area contributed by atoms with Gasteiger partial charge in [0.2, 0.25) is 0 Å². The molecule has 4 aromatic rings. The smallest absolute Gasteiger partial charge is 0.255 e. The molecular weight excluding hydrogens is 518 g/mol. The Hall–Kier alpha value is -4.37. The number of aromatic nitrogens is 5. The molecule has 0 aromatic carbocycles. The number of rotatable bonds is 8. The van der Waals surface area contributed by atoms with Gasteiger partial charge in [-0.1, -0.05) is 0 Å². The van der Waals surface area contributed by atoms with E-state index in [1.54, 1.807) is 21.3 Å². The number of anilines is 1. The summed E-state index contributed by atoms with van der Waals surface area (Å²) in [5.41, 5.74) is 1.55. The molecule has 0 bridgehead atoms. The number of nitrogens with one attached hydrogen (secondary N) is 2. The number of fused-ring (bicyclic) bond motifs is 1. The van der Waals surface area contributed by atoms with Crippen molar-refractivity contribution >= 4 is 17.1 Å². The van der Waals surface area contributed by atoms with Crippen LogP contribution in [0.15, 0.2) is 49.1 Å². The lowest BCUT2D eigenvalue weighted by atomic mass is 9.91. The van der Waals surface area contributed by atoms with Crippen LogP contribution < -0.4 is 10.6 Å². The van der Waals surface area contributed by atoms with Crippen LogP contribution in [0.25, 0.3) is 16.9 Å². The van der Waals surface area contributed by atoms with Crippen molar-refractivity contribution in [3.8, 4) is 17.5 Å². The predicted molar refractivity (Wildman–Crippen MR) is 144 cm³/mol. The number of aliphatic hydroxyl groups is 1. The van der Waals surface area contributed by atoms with Crippen molar-refractivity contribution in [1.29, 1.82) is 5.26 Å². The van der Waals surface area contributed by atoms with Crippen molar-refractivity contribution in [3.05, 3.63) is 66.0 Å². The lowest BCUT2D eigenvalue weighted by Gasteiger charge is -2.30. The first-order chi connectivity index (χ1) is 19.1. The van der Waals surface area contributed by atoms with Gasteiger partial charge in [0.1, 0.15) is 12.2 Å². The fourth-order valence-electron chi connectivity index (χ4n) is 4.90. The highest BCUT2D eigenvalue weighted by atomic mass is 19.1. The summed E-state index contributed by atoms with van der Waals surface area (Å²) in [5.74, 6) is -0.887. The van der Waals surface area contributed by atoms with Gasteiger partial charge < -0.3 is 15.7 Å². The molecule has 208 valence electrons. The lowest BCUT2D eigenvalue weighted by molar-refractivity contribution is -0.00177. The fourth-order valence-corrected chi connectivity index (χ4v) is 4.90. The van der Waals surface area contributed by atoms with Crippen LogP contribution in [0.2, 0.25) is 0 Å². The average Bonchev–Trinajstić information content (AvgIpc) is 3.57. The molecule has 4 aromatic heterocycles. The monoisotopic (exact) mass is 548 g/mol. The molecule has 0 saturated heterocycles. The average molecular weight is 549 g/mol. The zero-order valence-electron chi connectivity index (χ0n) is 22.2. The second-order valence-electron chi connectivity index (χ2n) is 10.6. The Morgan fingerprint density at radius 1 is 1.20 bits per heavy atom. The maximum Gasteiger partial charge on any atom is 0.255 e. The van der Waals surface area contributed by atoms with Crippen LogP contribution in [0.1, 0.15) is 61.5 Å². The molecule has 1 saturated carbocycles. The van der Waals surface area contributed by atoms with Crippen LogP contribution in [0.4, 0.5) is 14.5 Å². The molecular formula is C28H30F2N8O2. The van der Waals surface area contributed by atoms with E-state index in [0.29, 0.717) is 22.6 Å². The van der Waals surface area contributed by atoms with Crippen LogP contribution in [0.5, 0.6) is 0 Å². The quantitative estimate of drug-likeness (QED) is 0.303. The summed E-state index contributed by atoms with van der Waals surface area (Å²) in [6, 6.07) is 9.34. The van der Waals surface area contributed by atoms with Gasteiger partial charge in [-0.15, -0.1) is 0 Å². The summed E-state index contributed by atoms with van der Waals surface area (Å²) in [7, 11) is 0. The highest BCUT2D eigenvalue weighted by Crippen LogP contribution is 2.32. The first kappa shape index (κ1) is 27.2. The number of nitrogens with zero attached hydrogens (tertiary/aromatic N) is 6. The van der Waals surface area contributed by atoms with Crippen molar-refractivity contribution in [2.45, 2.75) is 63.4 Å². The molecule has 40 heavy (non-hydrogen) atoms. The molecule has 0 spiro atoms. The number of nitriles is 1. The van der Waals surface area contributed by atoms with Gasteiger partial charge in [0.25, 0.3) is 5.91 Å². The number of hydrogen-bond acceptors (Lipinski definition) is 7. The minimum atomic E-state index is -1.65. The van der Waals surface area contributed by atoms with Gasteiger partial charge in [0.05, 0.1) is 70.5 Å². The van der Waals surface area contributed by atoms with E-state index >= 15 is 0 Å². The van der Waals surface area contributed by atoms with Crippen molar-refractivity contribution in [3.63, 3.8) is 0 Å². The van der Waals surface area contributed by atoms with Crippen LogP contribution in [-0.4, -0.2) is 59.8 Å².